The van der Waals surface area contributed by atoms with Crippen molar-refractivity contribution in [2.75, 3.05) is 0 Å². The second kappa shape index (κ2) is 7.02. The van der Waals surface area contributed by atoms with Gasteiger partial charge >= 0.3 is 6.18 Å². The number of hydrogen-bond acceptors (Lipinski definition) is 2. The van der Waals surface area contributed by atoms with E-state index >= 15 is 0 Å². The molecule has 1 aromatic heterocycles. The predicted molar refractivity (Wildman–Crippen MR) is 79.6 cm³/mol. The average molecular weight is 343 g/mol. The highest BCUT2D eigenvalue weighted by atomic mass is 19.4. The lowest BCUT2D eigenvalue weighted by molar-refractivity contribution is -0.141. The molecule has 2 rings (SSSR count). The number of carbonyl (C=O) groups is 1. The topological polar surface area (TPSA) is 49.0 Å². The summed E-state index contributed by atoms with van der Waals surface area (Å²) in [5.41, 5.74) is -1.16. The van der Waals surface area contributed by atoms with E-state index in [1.807, 2.05) is 12.0 Å². The van der Waals surface area contributed by atoms with Crippen molar-refractivity contribution in [2.45, 2.75) is 39.0 Å². The van der Waals surface area contributed by atoms with Crippen LogP contribution >= 0.6 is 0 Å². The molecule has 1 amide bonds. The molecule has 2 aromatic rings. The first kappa shape index (κ1) is 18.0. The fourth-order valence-electron chi connectivity index (χ4n) is 2.18. The molecule has 0 saturated carbocycles. The van der Waals surface area contributed by atoms with Crippen molar-refractivity contribution >= 4 is 5.91 Å². The number of nitrogens with zero attached hydrogens (tertiary/aromatic N) is 2. The maximum atomic E-state index is 13.8. The van der Waals surface area contributed by atoms with Crippen molar-refractivity contribution in [3.8, 4) is 0 Å². The summed E-state index contributed by atoms with van der Waals surface area (Å²) in [6, 6.07) is 6.34. The van der Waals surface area contributed by atoms with Crippen molar-refractivity contribution in [3.05, 3.63) is 53.1 Å². The van der Waals surface area contributed by atoms with Gasteiger partial charge in [0.15, 0.2) is 5.69 Å². The zero-order valence-corrected chi connectivity index (χ0v) is 13.2. The van der Waals surface area contributed by atoms with Crippen LogP contribution in [0.5, 0.6) is 0 Å². The molecule has 0 spiro atoms. The Hall–Kier alpha value is -2.38. The first-order valence-corrected chi connectivity index (χ1v) is 7.41. The molecule has 1 atom stereocenters. The third kappa shape index (κ3) is 3.93. The number of nitrogens with one attached hydrogen (secondary N) is 1. The molecule has 0 bridgehead atoms. The first-order valence-electron chi connectivity index (χ1n) is 7.41. The molecule has 0 aliphatic rings. The molecule has 1 N–H and O–H groups in total. The molecule has 1 aromatic carbocycles. The minimum Gasteiger partial charge on any atom is -0.330 e. The number of carbonyl (C=O) groups excluding carboxylic acids is 1. The normalized spacial score (nSPS) is 12.9. The van der Waals surface area contributed by atoms with Crippen LogP contribution in [0.4, 0.5) is 17.6 Å². The number of rotatable bonds is 5. The second-order valence-electron chi connectivity index (χ2n) is 5.45. The van der Waals surface area contributed by atoms with E-state index in [1.54, 1.807) is 13.0 Å². The minimum atomic E-state index is -4.61. The van der Waals surface area contributed by atoms with Crippen molar-refractivity contribution in [1.29, 1.82) is 0 Å². The smallest absolute Gasteiger partial charge is 0.330 e. The maximum absolute atomic E-state index is 13.8. The third-order valence-electron chi connectivity index (χ3n) is 3.78. The van der Waals surface area contributed by atoms with Gasteiger partial charge in [-0.2, -0.15) is 18.3 Å². The van der Waals surface area contributed by atoms with Crippen LogP contribution in [0.3, 0.4) is 0 Å². The van der Waals surface area contributed by atoms with Crippen LogP contribution < -0.4 is 0 Å². The number of amides is 1. The van der Waals surface area contributed by atoms with Gasteiger partial charge in [0.2, 0.25) is 0 Å². The zero-order chi connectivity index (χ0) is 17.9. The van der Waals surface area contributed by atoms with Gasteiger partial charge in [0.25, 0.3) is 5.91 Å². The molecular formula is C16H17F4N3O. The van der Waals surface area contributed by atoms with Crippen LogP contribution in [0.2, 0.25) is 0 Å². The Balaban J connectivity index is 2.29. The van der Waals surface area contributed by atoms with E-state index in [-0.39, 0.29) is 23.8 Å². The first-order chi connectivity index (χ1) is 11.2. The van der Waals surface area contributed by atoms with Gasteiger partial charge in [0.1, 0.15) is 11.5 Å². The summed E-state index contributed by atoms with van der Waals surface area (Å²) in [6.07, 6.45) is -4.05. The Morgan fingerprint density at radius 3 is 2.54 bits per heavy atom. The Morgan fingerprint density at radius 2 is 2.00 bits per heavy atom. The summed E-state index contributed by atoms with van der Waals surface area (Å²) in [7, 11) is 0. The lowest BCUT2D eigenvalue weighted by Gasteiger charge is -2.28. The van der Waals surface area contributed by atoms with Gasteiger partial charge in [-0.1, -0.05) is 25.1 Å². The zero-order valence-electron chi connectivity index (χ0n) is 13.2. The Labute approximate surface area is 136 Å². The molecule has 24 heavy (non-hydrogen) atoms. The summed E-state index contributed by atoms with van der Waals surface area (Å²) in [5.74, 6) is -1.16. The van der Waals surface area contributed by atoms with Gasteiger partial charge < -0.3 is 4.90 Å². The van der Waals surface area contributed by atoms with Gasteiger partial charge in [-0.3, -0.25) is 9.89 Å². The molecule has 0 fully saturated rings. The third-order valence-corrected chi connectivity index (χ3v) is 3.78. The fourth-order valence-corrected chi connectivity index (χ4v) is 2.18. The van der Waals surface area contributed by atoms with E-state index in [0.717, 1.165) is 0 Å². The lowest BCUT2D eigenvalue weighted by atomic mass is 10.1. The molecule has 0 aliphatic carbocycles. The summed E-state index contributed by atoms with van der Waals surface area (Å²) in [5, 5.41) is 5.27. The van der Waals surface area contributed by atoms with Gasteiger partial charge in [-0.25, -0.2) is 4.39 Å². The number of H-pyrrole nitrogens is 1. The van der Waals surface area contributed by atoms with Gasteiger partial charge in [0.05, 0.1) is 0 Å². The highest BCUT2D eigenvalue weighted by Crippen LogP contribution is 2.28. The predicted octanol–water partition coefficient (Wildman–Crippen LogP) is 4.01. The van der Waals surface area contributed by atoms with Gasteiger partial charge in [0, 0.05) is 24.2 Å². The van der Waals surface area contributed by atoms with Crippen LogP contribution in [0.15, 0.2) is 30.3 Å². The number of halogens is 4. The number of aromatic nitrogens is 2. The quantitative estimate of drug-likeness (QED) is 0.834. The molecular weight excluding hydrogens is 326 g/mol. The second-order valence-corrected chi connectivity index (χ2v) is 5.45. The summed E-state index contributed by atoms with van der Waals surface area (Å²) < 4.78 is 51.8. The molecule has 0 aliphatic heterocycles. The number of aromatic amines is 1. The van der Waals surface area contributed by atoms with Crippen molar-refractivity contribution < 1.29 is 22.4 Å². The Bertz CT molecular complexity index is 711. The van der Waals surface area contributed by atoms with Crippen LogP contribution in [0.1, 0.15) is 42.0 Å². The molecule has 0 unspecified atom stereocenters. The standard InChI is InChI=1S/C16H17F4N3O/c1-3-10(2)23(9-11-6-4-5-7-12(11)17)15(24)13-8-14(22-21-13)16(18,19)20/h4-8,10H,3,9H2,1-2H3,(H,21,22)/t10-/m1/s1. The molecule has 4 nitrogen and oxygen atoms in total. The fraction of sp³-hybridized carbons (Fsp3) is 0.375. The van der Waals surface area contributed by atoms with Gasteiger partial charge in [-0.15, -0.1) is 0 Å². The summed E-state index contributed by atoms with van der Waals surface area (Å²) in [6.45, 7) is 3.53. The Morgan fingerprint density at radius 1 is 1.33 bits per heavy atom. The van der Waals surface area contributed by atoms with Crippen molar-refractivity contribution in [3.63, 3.8) is 0 Å². The molecule has 8 heteroatoms. The molecule has 1 heterocycles. The van der Waals surface area contributed by atoms with E-state index in [4.69, 9.17) is 0 Å². The average Bonchev–Trinajstić information content (AvgIpc) is 3.03. The number of hydrogen-bond donors (Lipinski definition) is 1. The summed E-state index contributed by atoms with van der Waals surface area (Å²) >= 11 is 0. The monoisotopic (exact) mass is 343 g/mol. The molecule has 0 radical (unpaired) electrons. The highest BCUT2D eigenvalue weighted by Gasteiger charge is 2.34. The maximum Gasteiger partial charge on any atom is 0.432 e. The van der Waals surface area contributed by atoms with E-state index in [9.17, 15) is 22.4 Å². The van der Waals surface area contributed by atoms with Crippen LogP contribution in [-0.4, -0.2) is 27.0 Å². The van der Waals surface area contributed by atoms with E-state index in [0.29, 0.717) is 12.5 Å². The molecule has 130 valence electrons. The largest absolute Gasteiger partial charge is 0.432 e. The molecule has 0 saturated heterocycles. The minimum absolute atomic E-state index is 0.0469. The summed E-state index contributed by atoms with van der Waals surface area (Å²) in [4.78, 5) is 13.9. The van der Waals surface area contributed by atoms with E-state index in [2.05, 4.69) is 5.10 Å². The van der Waals surface area contributed by atoms with Crippen molar-refractivity contribution in [2.24, 2.45) is 0 Å². The number of alkyl halides is 3. The number of benzene rings is 1. The van der Waals surface area contributed by atoms with Crippen LogP contribution in [0, 0.1) is 5.82 Å². The Kier molecular flexibility index (Phi) is 5.26. The van der Waals surface area contributed by atoms with Crippen LogP contribution in [-0.2, 0) is 12.7 Å². The SMILES string of the molecule is CC[C@@H](C)N(Cc1ccccc1F)C(=O)c1cc(C(F)(F)F)[nH]n1. The highest BCUT2D eigenvalue weighted by molar-refractivity contribution is 5.92. The van der Waals surface area contributed by atoms with E-state index in [1.165, 1.54) is 23.1 Å². The van der Waals surface area contributed by atoms with E-state index < -0.39 is 23.6 Å². The van der Waals surface area contributed by atoms with Crippen LogP contribution in [0.25, 0.3) is 0 Å². The lowest BCUT2D eigenvalue weighted by Crippen LogP contribution is -2.38. The van der Waals surface area contributed by atoms with Crippen molar-refractivity contribution in [1.82, 2.24) is 15.1 Å². The van der Waals surface area contributed by atoms with Gasteiger partial charge in [-0.05, 0) is 19.4 Å².